The van der Waals surface area contributed by atoms with Crippen LogP contribution in [0.5, 0.6) is 5.75 Å². The Balaban J connectivity index is 1.34. The Labute approximate surface area is 191 Å². The topological polar surface area (TPSA) is 110 Å². The van der Waals surface area contributed by atoms with Crippen molar-refractivity contribution in [3.63, 3.8) is 0 Å². The van der Waals surface area contributed by atoms with E-state index in [1.54, 1.807) is 48.5 Å². The smallest absolute Gasteiger partial charge is 0.336 e. The molecule has 4 rings (SSSR count). The minimum atomic E-state index is -0.991. The number of benzene rings is 3. The van der Waals surface area contributed by atoms with Gasteiger partial charge in [-0.1, -0.05) is 54.6 Å². The molecule has 0 aromatic heterocycles. The molecule has 3 aromatic rings. The summed E-state index contributed by atoms with van der Waals surface area (Å²) in [5.41, 5.74) is 3.18. The molecule has 3 aromatic carbocycles. The van der Waals surface area contributed by atoms with E-state index in [1.165, 1.54) is 4.90 Å². The molecule has 0 bridgehead atoms. The van der Waals surface area contributed by atoms with Crippen LogP contribution in [0.15, 0.2) is 78.7 Å². The molecule has 1 heterocycles. The molecule has 7 heteroatoms. The van der Waals surface area contributed by atoms with Crippen LogP contribution >= 0.6 is 0 Å². The number of nitrogens with zero attached hydrogens (tertiary/aromatic N) is 1. The van der Waals surface area contributed by atoms with Crippen LogP contribution < -0.4 is 4.74 Å². The highest BCUT2D eigenvalue weighted by molar-refractivity contribution is 5.89. The summed E-state index contributed by atoms with van der Waals surface area (Å²) >= 11 is 0. The summed E-state index contributed by atoms with van der Waals surface area (Å²) in [6, 6.07) is 21.3. The predicted molar refractivity (Wildman–Crippen MR) is 123 cm³/mol. The van der Waals surface area contributed by atoms with E-state index in [0.29, 0.717) is 36.3 Å². The Morgan fingerprint density at radius 1 is 0.970 bits per heavy atom. The summed E-state index contributed by atoms with van der Waals surface area (Å²) in [7, 11) is 0. The van der Waals surface area contributed by atoms with E-state index in [9.17, 15) is 25.2 Å². The monoisotopic (exact) mass is 447 g/mol. The molecule has 4 N–H and O–H groups in total. The summed E-state index contributed by atoms with van der Waals surface area (Å²) in [5, 5.41) is 40.5. The summed E-state index contributed by atoms with van der Waals surface area (Å²) in [4.78, 5) is 12.7. The van der Waals surface area contributed by atoms with Crippen molar-refractivity contribution in [2.24, 2.45) is 0 Å². The minimum Gasteiger partial charge on any atom is -0.503 e. The van der Waals surface area contributed by atoms with E-state index in [1.807, 2.05) is 24.3 Å². The van der Waals surface area contributed by atoms with Crippen LogP contribution in [0.1, 0.15) is 39.0 Å². The van der Waals surface area contributed by atoms with Gasteiger partial charge in [-0.25, -0.2) is 4.79 Å². The second-order valence-corrected chi connectivity index (χ2v) is 7.87. The van der Waals surface area contributed by atoms with Gasteiger partial charge in [0.15, 0.2) is 5.76 Å². The second-order valence-electron chi connectivity index (χ2n) is 7.87. The average Bonchev–Trinajstić information content (AvgIpc) is 2.84. The lowest BCUT2D eigenvalue weighted by molar-refractivity contribution is -0.0170. The molecule has 0 aliphatic carbocycles. The molecule has 1 unspecified atom stereocenters. The lowest BCUT2D eigenvalue weighted by Crippen LogP contribution is -2.37. The summed E-state index contributed by atoms with van der Waals surface area (Å²) in [6.07, 6.45) is -0.0646. The van der Waals surface area contributed by atoms with Crippen molar-refractivity contribution in [3.05, 3.63) is 106 Å². The third-order valence-corrected chi connectivity index (χ3v) is 5.71. The quantitative estimate of drug-likeness (QED) is 0.403. The van der Waals surface area contributed by atoms with E-state index in [2.05, 4.69) is 0 Å². The molecule has 0 fully saturated rings. The number of fused-ring (bicyclic) bond motifs is 1. The molecule has 7 nitrogen and oxygen atoms in total. The van der Waals surface area contributed by atoms with Gasteiger partial charge in [0.05, 0.1) is 5.56 Å². The zero-order valence-corrected chi connectivity index (χ0v) is 17.9. The first-order chi connectivity index (χ1) is 15.9. The van der Waals surface area contributed by atoms with Crippen LogP contribution in [0.2, 0.25) is 0 Å². The van der Waals surface area contributed by atoms with Crippen LogP contribution in [-0.2, 0) is 19.6 Å². The first-order valence-corrected chi connectivity index (χ1v) is 10.6. The van der Waals surface area contributed by atoms with E-state index < -0.39 is 12.2 Å². The fraction of sp³-hybridized carbons (Fsp3) is 0.192. The van der Waals surface area contributed by atoms with Crippen molar-refractivity contribution in [3.8, 4) is 5.75 Å². The number of aliphatic hydroxyl groups is 3. The van der Waals surface area contributed by atoms with Crippen LogP contribution in [-0.4, -0.2) is 37.5 Å². The Bertz CT molecular complexity index is 1170. The molecular weight excluding hydrogens is 422 g/mol. The highest BCUT2D eigenvalue weighted by Gasteiger charge is 2.28. The highest BCUT2D eigenvalue weighted by atomic mass is 16.5. The number of carboxylic acids is 1. The van der Waals surface area contributed by atoms with Gasteiger partial charge in [0.2, 0.25) is 5.88 Å². The molecule has 0 amide bonds. The standard InChI is InChI=1S/C26H25NO6/c28-23(27-15-18-5-1-3-7-21(18)24(29)25(27)30)14-11-17-9-12-20(13-10-17)33-16-19-6-2-4-8-22(19)26(31)32/h1-10,12-13,23,28-30H,11,14-16H2,(H,31,32). The molecule has 0 saturated heterocycles. The number of carbonyl (C=O) groups is 1. The van der Waals surface area contributed by atoms with E-state index in [4.69, 9.17) is 4.74 Å². The molecule has 0 radical (unpaired) electrons. The van der Waals surface area contributed by atoms with Gasteiger partial charge in [0.25, 0.3) is 0 Å². The van der Waals surface area contributed by atoms with Gasteiger partial charge in [0.1, 0.15) is 18.6 Å². The van der Waals surface area contributed by atoms with Crippen molar-refractivity contribution in [2.75, 3.05) is 0 Å². The maximum atomic E-state index is 11.3. The predicted octanol–water partition coefficient (Wildman–Crippen LogP) is 4.47. The van der Waals surface area contributed by atoms with Crippen molar-refractivity contribution < 1.29 is 30.0 Å². The van der Waals surface area contributed by atoms with Gasteiger partial charge in [0, 0.05) is 17.7 Å². The number of hydrogen-bond donors (Lipinski definition) is 4. The highest BCUT2D eigenvalue weighted by Crippen LogP contribution is 2.30. The minimum absolute atomic E-state index is 0.145. The lowest BCUT2D eigenvalue weighted by Gasteiger charge is -2.33. The van der Waals surface area contributed by atoms with E-state index in [-0.39, 0.29) is 23.8 Å². The van der Waals surface area contributed by atoms with Crippen LogP contribution in [0.4, 0.5) is 0 Å². The molecule has 1 atom stereocenters. The second kappa shape index (κ2) is 9.67. The zero-order valence-electron chi connectivity index (χ0n) is 17.9. The third-order valence-electron chi connectivity index (χ3n) is 5.71. The molecular formula is C26H25NO6. The molecule has 170 valence electrons. The number of carboxylic acid groups (broad SMARTS) is 1. The Hall–Kier alpha value is -3.97. The van der Waals surface area contributed by atoms with E-state index >= 15 is 0 Å². The zero-order chi connectivity index (χ0) is 23.4. The summed E-state index contributed by atoms with van der Waals surface area (Å²) in [5.74, 6) is -0.944. The molecule has 33 heavy (non-hydrogen) atoms. The number of aliphatic hydroxyl groups excluding tert-OH is 3. The molecule has 0 spiro atoms. The first-order valence-electron chi connectivity index (χ1n) is 10.6. The first kappa shape index (κ1) is 22.2. The number of aromatic carboxylic acids is 1. The number of hydrogen-bond acceptors (Lipinski definition) is 6. The Morgan fingerprint density at radius 3 is 2.42 bits per heavy atom. The molecule has 1 aliphatic rings. The van der Waals surface area contributed by atoms with Crippen molar-refractivity contribution in [1.82, 2.24) is 4.90 Å². The Kier molecular flexibility index (Phi) is 6.51. The fourth-order valence-electron chi connectivity index (χ4n) is 3.87. The van der Waals surface area contributed by atoms with Crippen LogP contribution in [0, 0.1) is 0 Å². The van der Waals surface area contributed by atoms with Crippen molar-refractivity contribution in [1.29, 1.82) is 0 Å². The van der Waals surface area contributed by atoms with Gasteiger partial charge < -0.3 is 30.1 Å². The summed E-state index contributed by atoms with van der Waals surface area (Å²) in [6.45, 7) is 0.448. The van der Waals surface area contributed by atoms with Crippen molar-refractivity contribution in [2.45, 2.75) is 32.2 Å². The molecule has 0 saturated carbocycles. The van der Waals surface area contributed by atoms with Crippen LogP contribution in [0.3, 0.4) is 0 Å². The maximum Gasteiger partial charge on any atom is 0.336 e. The third kappa shape index (κ3) is 4.94. The van der Waals surface area contributed by atoms with E-state index in [0.717, 1.165) is 11.1 Å². The SMILES string of the molecule is O=C(O)c1ccccc1COc1ccc(CCC(O)N2Cc3ccccc3C(O)=C2O)cc1. The molecule has 1 aliphatic heterocycles. The van der Waals surface area contributed by atoms with Crippen LogP contribution in [0.25, 0.3) is 5.76 Å². The van der Waals surface area contributed by atoms with Gasteiger partial charge >= 0.3 is 5.97 Å². The summed E-state index contributed by atoms with van der Waals surface area (Å²) < 4.78 is 5.73. The van der Waals surface area contributed by atoms with Gasteiger partial charge in [-0.15, -0.1) is 0 Å². The normalized spacial score (nSPS) is 14.0. The van der Waals surface area contributed by atoms with Gasteiger partial charge in [-0.3, -0.25) is 0 Å². The fourth-order valence-corrected chi connectivity index (χ4v) is 3.87. The largest absolute Gasteiger partial charge is 0.503 e. The van der Waals surface area contributed by atoms with Gasteiger partial charge in [-0.05, 0) is 42.2 Å². The number of rotatable bonds is 8. The number of ether oxygens (including phenoxy) is 1. The maximum absolute atomic E-state index is 11.3. The Morgan fingerprint density at radius 2 is 1.67 bits per heavy atom. The van der Waals surface area contributed by atoms with Crippen molar-refractivity contribution >= 4 is 11.7 Å². The average molecular weight is 447 g/mol. The number of aryl methyl sites for hydroxylation is 1. The van der Waals surface area contributed by atoms with Gasteiger partial charge in [-0.2, -0.15) is 0 Å². The lowest BCUT2D eigenvalue weighted by atomic mass is 10.0.